The zero-order chi connectivity index (χ0) is 14.0. The fourth-order valence-electron chi connectivity index (χ4n) is 1.57. The van der Waals surface area contributed by atoms with Crippen molar-refractivity contribution < 1.29 is 9.32 Å². The Balaban J connectivity index is 2.13. The van der Waals surface area contributed by atoms with Gasteiger partial charge in [-0.1, -0.05) is 25.6 Å². The number of anilines is 1. The fraction of sp³-hybridized carbons (Fsp3) is 0.308. The molecule has 0 atom stereocenters. The third-order valence-corrected chi connectivity index (χ3v) is 2.68. The van der Waals surface area contributed by atoms with Crippen LogP contribution >= 0.6 is 0 Å². The topological polar surface area (TPSA) is 83.8 Å². The SMILES string of the molecule is C=Cc1nc(NC(=O)c2cc(C(C)C)on2)[nH]c1C. The highest BCUT2D eigenvalue weighted by atomic mass is 16.5. The number of aryl methyl sites for hydroxylation is 1. The normalized spacial score (nSPS) is 10.7. The summed E-state index contributed by atoms with van der Waals surface area (Å²) >= 11 is 0. The van der Waals surface area contributed by atoms with Crippen LogP contribution in [-0.2, 0) is 0 Å². The summed E-state index contributed by atoms with van der Waals surface area (Å²) in [6.45, 7) is 9.43. The molecule has 2 aromatic heterocycles. The number of hydrogen-bond acceptors (Lipinski definition) is 4. The molecule has 0 aliphatic heterocycles. The van der Waals surface area contributed by atoms with Crippen LogP contribution < -0.4 is 5.32 Å². The van der Waals surface area contributed by atoms with Crippen molar-refractivity contribution >= 4 is 17.9 Å². The van der Waals surface area contributed by atoms with Gasteiger partial charge < -0.3 is 9.51 Å². The molecule has 0 bridgehead atoms. The summed E-state index contributed by atoms with van der Waals surface area (Å²) in [6.07, 6.45) is 1.62. The van der Waals surface area contributed by atoms with Gasteiger partial charge in [-0.05, 0) is 13.0 Å². The van der Waals surface area contributed by atoms with Gasteiger partial charge in [0.15, 0.2) is 5.69 Å². The number of rotatable bonds is 4. The van der Waals surface area contributed by atoms with E-state index in [1.807, 2.05) is 20.8 Å². The van der Waals surface area contributed by atoms with Crippen molar-refractivity contribution in [3.63, 3.8) is 0 Å². The molecule has 1 amide bonds. The van der Waals surface area contributed by atoms with Gasteiger partial charge in [0, 0.05) is 17.7 Å². The Hall–Kier alpha value is -2.37. The number of nitrogens with one attached hydrogen (secondary N) is 2. The van der Waals surface area contributed by atoms with E-state index >= 15 is 0 Å². The largest absolute Gasteiger partial charge is 0.360 e. The van der Waals surface area contributed by atoms with Gasteiger partial charge in [0.2, 0.25) is 5.95 Å². The molecule has 0 saturated carbocycles. The van der Waals surface area contributed by atoms with Gasteiger partial charge in [0.05, 0.1) is 5.69 Å². The number of H-pyrrole nitrogens is 1. The first-order valence-corrected chi connectivity index (χ1v) is 5.98. The van der Waals surface area contributed by atoms with E-state index in [2.05, 4.69) is 27.0 Å². The number of imidazole rings is 1. The van der Waals surface area contributed by atoms with E-state index in [-0.39, 0.29) is 17.5 Å². The Kier molecular flexibility index (Phi) is 3.50. The van der Waals surface area contributed by atoms with Crippen LogP contribution in [0.5, 0.6) is 0 Å². The van der Waals surface area contributed by atoms with Gasteiger partial charge in [0.1, 0.15) is 5.76 Å². The van der Waals surface area contributed by atoms with Gasteiger partial charge in [-0.15, -0.1) is 0 Å². The molecule has 0 spiro atoms. The van der Waals surface area contributed by atoms with Crippen LogP contribution in [0.4, 0.5) is 5.95 Å². The molecule has 0 aliphatic carbocycles. The number of carbonyl (C=O) groups excluding carboxylic acids is 1. The summed E-state index contributed by atoms with van der Waals surface area (Å²) in [7, 11) is 0. The quantitative estimate of drug-likeness (QED) is 0.885. The summed E-state index contributed by atoms with van der Waals surface area (Å²) in [6, 6.07) is 1.63. The minimum absolute atomic E-state index is 0.187. The molecule has 100 valence electrons. The average molecular weight is 260 g/mol. The third-order valence-electron chi connectivity index (χ3n) is 2.68. The first-order chi connectivity index (χ1) is 9.01. The summed E-state index contributed by atoms with van der Waals surface area (Å²) in [5.74, 6) is 0.867. The lowest BCUT2D eigenvalue weighted by Gasteiger charge is -1.96. The van der Waals surface area contributed by atoms with Crippen molar-refractivity contribution in [1.82, 2.24) is 15.1 Å². The lowest BCUT2D eigenvalue weighted by molar-refractivity contribution is 0.101. The second kappa shape index (κ2) is 5.09. The van der Waals surface area contributed by atoms with E-state index in [1.54, 1.807) is 12.1 Å². The van der Waals surface area contributed by atoms with E-state index < -0.39 is 0 Å². The van der Waals surface area contributed by atoms with Gasteiger partial charge in [-0.2, -0.15) is 0 Å². The number of nitrogens with zero attached hydrogens (tertiary/aromatic N) is 2. The lowest BCUT2D eigenvalue weighted by Crippen LogP contribution is -2.13. The minimum atomic E-state index is -0.361. The van der Waals surface area contributed by atoms with Crippen molar-refractivity contribution in [2.75, 3.05) is 5.32 Å². The molecule has 0 radical (unpaired) electrons. The molecule has 2 rings (SSSR count). The molecule has 2 N–H and O–H groups in total. The van der Waals surface area contributed by atoms with Crippen LogP contribution in [0.3, 0.4) is 0 Å². The first-order valence-electron chi connectivity index (χ1n) is 5.98. The highest BCUT2D eigenvalue weighted by Gasteiger charge is 2.16. The summed E-state index contributed by atoms with van der Waals surface area (Å²) < 4.78 is 5.08. The molecule has 6 nitrogen and oxygen atoms in total. The molecular weight excluding hydrogens is 244 g/mol. The number of aromatic amines is 1. The standard InChI is InChI=1S/C13H16N4O2/c1-5-9-8(4)14-13(15-9)16-12(18)10-6-11(7(2)3)19-17-10/h5-7H,1H2,2-4H3,(H2,14,15,16,18). The van der Waals surface area contributed by atoms with Gasteiger partial charge in [0.25, 0.3) is 5.91 Å². The Labute approximate surface area is 110 Å². The zero-order valence-corrected chi connectivity index (χ0v) is 11.2. The number of aromatic nitrogens is 3. The Morgan fingerprint density at radius 2 is 2.32 bits per heavy atom. The monoisotopic (exact) mass is 260 g/mol. The van der Waals surface area contributed by atoms with Crippen molar-refractivity contribution in [2.24, 2.45) is 0 Å². The molecule has 0 aliphatic rings. The second-order valence-electron chi connectivity index (χ2n) is 4.52. The maximum Gasteiger partial charge on any atom is 0.280 e. The van der Waals surface area contributed by atoms with Gasteiger partial charge in [-0.3, -0.25) is 10.1 Å². The van der Waals surface area contributed by atoms with E-state index in [4.69, 9.17) is 4.52 Å². The molecule has 2 aromatic rings. The van der Waals surface area contributed by atoms with E-state index in [1.165, 1.54) is 0 Å². The van der Waals surface area contributed by atoms with Crippen molar-refractivity contribution in [3.8, 4) is 0 Å². The van der Waals surface area contributed by atoms with E-state index in [0.717, 1.165) is 5.69 Å². The smallest absolute Gasteiger partial charge is 0.280 e. The Bertz CT molecular complexity index is 610. The predicted octanol–water partition coefficient (Wildman–Crippen LogP) is 2.72. The number of carbonyl (C=O) groups is 1. The fourth-order valence-corrected chi connectivity index (χ4v) is 1.57. The molecule has 2 heterocycles. The molecule has 0 aromatic carbocycles. The summed E-state index contributed by atoms with van der Waals surface area (Å²) in [5.41, 5.74) is 1.78. The Morgan fingerprint density at radius 1 is 1.58 bits per heavy atom. The zero-order valence-electron chi connectivity index (χ0n) is 11.2. The van der Waals surface area contributed by atoms with E-state index in [0.29, 0.717) is 17.4 Å². The summed E-state index contributed by atoms with van der Waals surface area (Å²) in [5, 5.41) is 6.36. The molecule has 0 unspecified atom stereocenters. The number of amides is 1. The van der Waals surface area contributed by atoms with Crippen molar-refractivity contribution in [1.29, 1.82) is 0 Å². The Morgan fingerprint density at radius 3 is 2.84 bits per heavy atom. The van der Waals surface area contributed by atoms with Crippen LogP contribution in [0.1, 0.15) is 47.4 Å². The van der Waals surface area contributed by atoms with Crippen LogP contribution in [0, 0.1) is 6.92 Å². The lowest BCUT2D eigenvalue weighted by atomic mass is 10.1. The van der Waals surface area contributed by atoms with Crippen molar-refractivity contribution in [3.05, 3.63) is 35.5 Å². The molecule has 0 saturated heterocycles. The minimum Gasteiger partial charge on any atom is -0.360 e. The van der Waals surface area contributed by atoms with Crippen LogP contribution in [-0.4, -0.2) is 21.0 Å². The van der Waals surface area contributed by atoms with Crippen LogP contribution in [0.2, 0.25) is 0 Å². The van der Waals surface area contributed by atoms with Crippen molar-refractivity contribution in [2.45, 2.75) is 26.7 Å². The maximum absolute atomic E-state index is 11.9. The summed E-state index contributed by atoms with van der Waals surface area (Å²) in [4.78, 5) is 19.1. The molecule has 6 heteroatoms. The van der Waals surface area contributed by atoms with Gasteiger partial charge >= 0.3 is 0 Å². The van der Waals surface area contributed by atoms with Gasteiger partial charge in [-0.25, -0.2) is 4.98 Å². The first kappa shape index (κ1) is 13.1. The highest BCUT2D eigenvalue weighted by Crippen LogP contribution is 2.16. The molecular formula is C13H16N4O2. The average Bonchev–Trinajstić information content (AvgIpc) is 2.95. The predicted molar refractivity (Wildman–Crippen MR) is 72.0 cm³/mol. The molecule has 19 heavy (non-hydrogen) atoms. The second-order valence-corrected chi connectivity index (χ2v) is 4.52. The van der Waals surface area contributed by atoms with Crippen LogP contribution in [0.25, 0.3) is 6.08 Å². The number of hydrogen-bond donors (Lipinski definition) is 2. The third kappa shape index (κ3) is 2.73. The highest BCUT2D eigenvalue weighted by molar-refractivity contribution is 6.01. The van der Waals surface area contributed by atoms with E-state index in [9.17, 15) is 4.79 Å². The van der Waals surface area contributed by atoms with Crippen LogP contribution in [0.15, 0.2) is 17.2 Å². The maximum atomic E-state index is 11.9. The molecule has 0 fully saturated rings.